The fraction of sp³-hybridized carbons (Fsp3) is 0.235. The van der Waals surface area contributed by atoms with Crippen LogP contribution in [0.5, 0.6) is 0 Å². The number of rotatable bonds is 1. The Morgan fingerprint density at radius 2 is 1.87 bits per heavy atom. The number of nitriles is 1. The highest BCUT2D eigenvalue weighted by Gasteiger charge is 2.52. The maximum absolute atomic E-state index is 12.6. The third kappa shape index (κ3) is 1.77. The molecule has 6 nitrogen and oxygen atoms in total. The largest absolute Gasteiger partial charge is 0.390 e. The molecule has 0 spiro atoms. The number of imide groups is 1. The molecule has 0 saturated carbocycles. The highest BCUT2D eigenvalue weighted by molar-refractivity contribution is 6.25. The number of amides is 3. The third-order valence-electron chi connectivity index (χ3n) is 4.54. The number of carbonyl (C=O) groups is 2. The molecule has 6 heteroatoms. The highest BCUT2D eigenvalue weighted by Crippen LogP contribution is 2.36. The number of carbonyl (C=O) groups excluding carboxylic acids is 2. The second-order valence-electron chi connectivity index (χ2n) is 5.74. The monoisotopic (exact) mass is 307 g/mol. The van der Waals surface area contributed by atoms with Gasteiger partial charge in [0.1, 0.15) is 6.04 Å². The molecule has 114 valence electrons. The van der Waals surface area contributed by atoms with Crippen LogP contribution in [0.25, 0.3) is 10.8 Å². The van der Waals surface area contributed by atoms with Crippen molar-refractivity contribution in [2.75, 3.05) is 11.4 Å². The standard InChI is InChI=1S/C17H13N3O3/c18-9-10-5-6-13(12-4-2-1-3-11(10)12)20-16(22)15-14(21)7-8-19(15)17(20)23/h1-6,14-15,21H,7-8H2/t14-,15?/m0/s1. The van der Waals surface area contributed by atoms with Crippen molar-refractivity contribution in [1.29, 1.82) is 5.26 Å². The van der Waals surface area contributed by atoms with Crippen LogP contribution in [0.4, 0.5) is 10.5 Å². The molecule has 2 saturated heterocycles. The fourth-order valence-corrected chi connectivity index (χ4v) is 3.44. The minimum Gasteiger partial charge on any atom is -0.390 e. The van der Waals surface area contributed by atoms with Gasteiger partial charge < -0.3 is 10.0 Å². The average Bonchev–Trinajstić information content (AvgIpc) is 3.07. The molecule has 0 aliphatic carbocycles. The highest BCUT2D eigenvalue weighted by atomic mass is 16.3. The van der Waals surface area contributed by atoms with Gasteiger partial charge in [0.15, 0.2) is 0 Å². The summed E-state index contributed by atoms with van der Waals surface area (Å²) in [4.78, 5) is 27.8. The van der Waals surface area contributed by atoms with E-state index in [-0.39, 0.29) is 0 Å². The maximum Gasteiger partial charge on any atom is 0.332 e. The zero-order valence-electron chi connectivity index (χ0n) is 12.1. The summed E-state index contributed by atoms with van der Waals surface area (Å²) in [7, 11) is 0. The molecule has 3 amide bonds. The van der Waals surface area contributed by atoms with Gasteiger partial charge in [-0.3, -0.25) is 4.79 Å². The molecule has 2 atom stereocenters. The molecule has 0 radical (unpaired) electrons. The zero-order valence-corrected chi connectivity index (χ0v) is 12.1. The van der Waals surface area contributed by atoms with Gasteiger partial charge in [0.2, 0.25) is 0 Å². The van der Waals surface area contributed by atoms with Crippen molar-refractivity contribution < 1.29 is 14.7 Å². The minimum absolute atomic E-state index is 0.376. The van der Waals surface area contributed by atoms with Crippen LogP contribution < -0.4 is 4.90 Å². The predicted molar refractivity (Wildman–Crippen MR) is 82.7 cm³/mol. The average molecular weight is 307 g/mol. The summed E-state index contributed by atoms with van der Waals surface area (Å²) in [5.74, 6) is -0.408. The number of aliphatic hydroxyl groups excluding tert-OH is 1. The molecule has 23 heavy (non-hydrogen) atoms. The Morgan fingerprint density at radius 1 is 1.13 bits per heavy atom. The number of hydrogen-bond acceptors (Lipinski definition) is 4. The van der Waals surface area contributed by atoms with Crippen molar-refractivity contribution >= 4 is 28.4 Å². The van der Waals surface area contributed by atoms with Crippen LogP contribution in [-0.2, 0) is 4.79 Å². The predicted octanol–water partition coefficient (Wildman–Crippen LogP) is 1.61. The van der Waals surface area contributed by atoms with Crippen molar-refractivity contribution in [1.82, 2.24) is 4.90 Å². The van der Waals surface area contributed by atoms with Crippen LogP contribution in [0, 0.1) is 11.3 Å². The van der Waals surface area contributed by atoms with E-state index in [1.165, 1.54) is 4.90 Å². The van der Waals surface area contributed by atoms with Gasteiger partial charge in [0.25, 0.3) is 5.91 Å². The molecule has 2 fully saturated rings. The second-order valence-corrected chi connectivity index (χ2v) is 5.74. The normalized spacial score (nSPS) is 23.5. The van der Waals surface area contributed by atoms with Crippen molar-refractivity contribution in [3.63, 3.8) is 0 Å². The molecular weight excluding hydrogens is 294 g/mol. The van der Waals surface area contributed by atoms with Gasteiger partial charge in [-0.25, -0.2) is 9.69 Å². The lowest BCUT2D eigenvalue weighted by atomic mass is 10.0. The van der Waals surface area contributed by atoms with E-state index in [1.807, 2.05) is 6.07 Å². The van der Waals surface area contributed by atoms with Crippen LogP contribution in [-0.4, -0.2) is 40.6 Å². The first kappa shape index (κ1) is 13.7. The van der Waals surface area contributed by atoms with Crippen molar-refractivity contribution in [3.8, 4) is 6.07 Å². The molecule has 2 heterocycles. The summed E-state index contributed by atoms with van der Waals surface area (Å²) in [6.45, 7) is 0.376. The Balaban J connectivity index is 1.89. The molecule has 1 N–H and O–H groups in total. The Bertz CT molecular complexity index is 886. The number of hydrogen-bond donors (Lipinski definition) is 1. The van der Waals surface area contributed by atoms with Crippen molar-refractivity contribution in [2.24, 2.45) is 0 Å². The molecule has 2 aliphatic heterocycles. The van der Waals surface area contributed by atoms with E-state index >= 15 is 0 Å². The quantitative estimate of drug-likeness (QED) is 0.811. The number of anilines is 1. The number of benzene rings is 2. The molecule has 0 bridgehead atoms. The molecule has 2 aromatic rings. The van der Waals surface area contributed by atoms with Crippen LogP contribution in [0.3, 0.4) is 0 Å². The first-order chi connectivity index (χ1) is 11.1. The first-order valence-corrected chi connectivity index (χ1v) is 7.38. The minimum atomic E-state index is -0.818. The Morgan fingerprint density at radius 3 is 2.57 bits per heavy atom. The van der Waals surface area contributed by atoms with E-state index in [1.54, 1.807) is 30.3 Å². The molecule has 4 rings (SSSR count). The van der Waals surface area contributed by atoms with Gasteiger partial charge in [-0.2, -0.15) is 5.26 Å². The van der Waals surface area contributed by atoms with Gasteiger partial charge in [0.05, 0.1) is 23.4 Å². The second kappa shape index (κ2) is 4.80. The Hall–Kier alpha value is -2.91. The summed E-state index contributed by atoms with van der Waals surface area (Å²) in [6, 6.07) is 11.3. The summed E-state index contributed by atoms with van der Waals surface area (Å²) >= 11 is 0. The molecular formula is C17H13N3O3. The van der Waals surface area contributed by atoms with Crippen molar-refractivity contribution in [3.05, 3.63) is 42.0 Å². The molecule has 1 unspecified atom stereocenters. The SMILES string of the molecule is N#Cc1ccc(N2C(=O)C3[C@@H](O)CCN3C2=O)c2ccccc12. The lowest BCUT2D eigenvalue weighted by Gasteiger charge is -2.18. The van der Waals surface area contributed by atoms with Crippen LogP contribution in [0.2, 0.25) is 0 Å². The number of aliphatic hydroxyl groups is 1. The fourth-order valence-electron chi connectivity index (χ4n) is 3.44. The molecule has 2 aromatic carbocycles. The van der Waals surface area contributed by atoms with E-state index in [9.17, 15) is 20.0 Å². The first-order valence-electron chi connectivity index (χ1n) is 7.38. The smallest absolute Gasteiger partial charge is 0.332 e. The zero-order chi connectivity index (χ0) is 16.1. The molecule has 2 aliphatic rings. The summed E-state index contributed by atoms with van der Waals surface area (Å²) in [5, 5.41) is 20.6. The third-order valence-corrected chi connectivity index (χ3v) is 4.54. The summed E-state index contributed by atoms with van der Waals surface area (Å²) < 4.78 is 0. The lowest BCUT2D eigenvalue weighted by molar-refractivity contribution is -0.121. The Labute approximate surface area is 132 Å². The maximum atomic E-state index is 12.6. The Kier molecular flexibility index (Phi) is 2.86. The number of nitrogens with zero attached hydrogens (tertiary/aromatic N) is 3. The molecule has 0 aromatic heterocycles. The van der Waals surface area contributed by atoms with Crippen molar-refractivity contribution in [2.45, 2.75) is 18.6 Å². The topological polar surface area (TPSA) is 84.6 Å². The van der Waals surface area contributed by atoms with E-state index in [0.717, 1.165) is 4.90 Å². The van der Waals surface area contributed by atoms with E-state index < -0.39 is 24.1 Å². The van der Waals surface area contributed by atoms with Crippen LogP contribution in [0.15, 0.2) is 36.4 Å². The van der Waals surface area contributed by atoms with Gasteiger partial charge in [0, 0.05) is 17.3 Å². The lowest BCUT2D eigenvalue weighted by Crippen LogP contribution is -2.36. The number of fused-ring (bicyclic) bond motifs is 2. The summed E-state index contributed by atoms with van der Waals surface area (Å²) in [6.07, 6.45) is -0.398. The summed E-state index contributed by atoms with van der Waals surface area (Å²) in [5.41, 5.74) is 0.945. The van der Waals surface area contributed by atoms with Crippen LogP contribution in [0.1, 0.15) is 12.0 Å². The van der Waals surface area contributed by atoms with E-state index in [2.05, 4.69) is 6.07 Å². The van der Waals surface area contributed by atoms with Gasteiger partial charge in [-0.1, -0.05) is 24.3 Å². The van der Waals surface area contributed by atoms with Gasteiger partial charge in [-0.05, 0) is 18.6 Å². The van der Waals surface area contributed by atoms with E-state index in [4.69, 9.17) is 0 Å². The van der Waals surface area contributed by atoms with Gasteiger partial charge >= 0.3 is 6.03 Å². The van der Waals surface area contributed by atoms with Crippen LogP contribution >= 0.6 is 0 Å². The van der Waals surface area contributed by atoms with Gasteiger partial charge in [-0.15, -0.1) is 0 Å². The van der Waals surface area contributed by atoms with E-state index in [0.29, 0.717) is 35.0 Å². The number of urea groups is 1.